The molecule has 3 aromatic carbocycles. The molecule has 0 saturated carbocycles. The van der Waals surface area contributed by atoms with Crippen molar-refractivity contribution in [2.45, 2.75) is 103 Å². The fourth-order valence-electron chi connectivity index (χ4n) is 7.02. The number of benzene rings is 3. The van der Waals surface area contributed by atoms with E-state index in [0.717, 1.165) is 50.3 Å². The maximum Gasteiger partial charge on any atom is 0.343 e. The van der Waals surface area contributed by atoms with Crippen molar-refractivity contribution in [2.24, 2.45) is 0 Å². The van der Waals surface area contributed by atoms with Crippen LogP contribution in [-0.2, 0) is 13.1 Å². The summed E-state index contributed by atoms with van der Waals surface area (Å²) >= 11 is 0. The first kappa shape index (κ1) is 47.2. The number of carbonyl (C=O) groups is 2. The zero-order valence-corrected chi connectivity index (χ0v) is 37.5. The maximum atomic E-state index is 12.8. The van der Waals surface area contributed by atoms with Gasteiger partial charge in [-0.15, -0.1) is 0 Å². The van der Waals surface area contributed by atoms with Gasteiger partial charge in [-0.2, -0.15) is 0 Å². The monoisotopic (exact) mass is 845 g/mol. The van der Waals surface area contributed by atoms with Crippen molar-refractivity contribution in [1.29, 1.82) is 0 Å². The average molecular weight is 845 g/mol. The van der Waals surface area contributed by atoms with E-state index in [0.29, 0.717) is 35.8 Å². The first-order valence-electron chi connectivity index (χ1n) is 22.6. The van der Waals surface area contributed by atoms with Crippen molar-refractivity contribution in [3.63, 3.8) is 0 Å². The van der Waals surface area contributed by atoms with Gasteiger partial charge in [0.05, 0.1) is 24.3 Å². The molecule has 2 aromatic heterocycles. The van der Waals surface area contributed by atoms with Crippen LogP contribution < -0.4 is 37.9 Å². The smallest absolute Gasteiger partial charge is 0.343 e. The lowest BCUT2D eigenvalue weighted by molar-refractivity contribution is -0.697. The Labute approximate surface area is 370 Å². The number of rotatable bonds is 28. The molecule has 10 heteroatoms. The molecule has 0 atom stereocenters. The number of anilines is 2. The second kappa shape index (κ2) is 26.4. The Morgan fingerprint density at radius 1 is 0.387 bits per heavy atom. The minimum absolute atomic E-state index is 0.349. The summed E-state index contributed by atoms with van der Waals surface area (Å²) in [7, 11) is 8.24. The Morgan fingerprint density at radius 2 is 0.677 bits per heavy atom. The molecular weight excluding hydrogens is 777 g/mol. The molecule has 0 unspecified atom stereocenters. The third-order valence-corrected chi connectivity index (χ3v) is 10.9. The molecule has 0 amide bonds. The van der Waals surface area contributed by atoms with Gasteiger partial charge in [0, 0.05) is 76.7 Å². The van der Waals surface area contributed by atoms with Crippen LogP contribution in [0.25, 0.3) is 0 Å². The highest BCUT2D eigenvalue weighted by molar-refractivity contribution is 5.92. The highest BCUT2D eigenvalue weighted by Gasteiger charge is 2.12. The van der Waals surface area contributed by atoms with Crippen molar-refractivity contribution >= 4 is 23.3 Å². The van der Waals surface area contributed by atoms with Gasteiger partial charge in [0.15, 0.2) is 24.8 Å². The van der Waals surface area contributed by atoms with Gasteiger partial charge in [0.2, 0.25) is 0 Å². The normalized spacial score (nSPS) is 10.9. The van der Waals surface area contributed by atoms with E-state index in [1.165, 1.54) is 75.6 Å². The first-order chi connectivity index (χ1) is 30.2. The van der Waals surface area contributed by atoms with E-state index in [9.17, 15) is 9.59 Å². The number of nitrogens with zero attached hydrogens (tertiary/aromatic N) is 4. The summed E-state index contributed by atoms with van der Waals surface area (Å²) in [6.07, 6.45) is 25.2. The van der Waals surface area contributed by atoms with Crippen LogP contribution in [0.3, 0.4) is 0 Å². The van der Waals surface area contributed by atoms with Gasteiger partial charge in [-0.3, -0.25) is 0 Å². The summed E-state index contributed by atoms with van der Waals surface area (Å²) in [6, 6.07) is 29.0. The van der Waals surface area contributed by atoms with Crippen LogP contribution in [0, 0.1) is 0 Å². The topological polar surface area (TPSA) is 85.3 Å². The number of aryl methyl sites for hydroxylation is 2. The quantitative estimate of drug-likeness (QED) is 0.0213. The molecule has 330 valence electrons. The molecule has 0 aliphatic rings. The minimum atomic E-state index is -0.479. The Balaban J connectivity index is 0.869. The molecule has 0 aliphatic carbocycles. The molecule has 0 fully saturated rings. The number of esters is 2. The number of ether oxygens (including phenoxy) is 4. The molecule has 0 bridgehead atoms. The van der Waals surface area contributed by atoms with Gasteiger partial charge in [-0.05, 0) is 98.5 Å². The second-order valence-electron chi connectivity index (χ2n) is 16.3. The Hall–Kier alpha value is -5.90. The molecule has 62 heavy (non-hydrogen) atoms. The van der Waals surface area contributed by atoms with Crippen LogP contribution in [0.1, 0.15) is 111 Å². The van der Waals surface area contributed by atoms with Crippen molar-refractivity contribution < 1.29 is 37.7 Å². The zero-order chi connectivity index (χ0) is 43.8. The number of aromatic nitrogens is 2. The first-order valence-corrected chi connectivity index (χ1v) is 22.6. The number of carbonyl (C=O) groups excluding carboxylic acids is 2. The molecule has 0 saturated heterocycles. The summed E-state index contributed by atoms with van der Waals surface area (Å²) in [5.41, 5.74) is 3.29. The number of hydrogen-bond acceptors (Lipinski definition) is 8. The summed E-state index contributed by atoms with van der Waals surface area (Å²) in [4.78, 5) is 29.8. The highest BCUT2D eigenvalue weighted by atomic mass is 16.5. The summed E-state index contributed by atoms with van der Waals surface area (Å²) in [5, 5.41) is 0. The maximum absolute atomic E-state index is 12.8. The zero-order valence-electron chi connectivity index (χ0n) is 37.5. The van der Waals surface area contributed by atoms with Crippen molar-refractivity contribution in [1.82, 2.24) is 0 Å². The van der Waals surface area contributed by atoms with Crippen LogP contribution in [0.5, 0.6) is 23.0 Å². The van der Waals surface area contributed by atoms with E-state index in [1.54, 1.807) is 72.8 Å². The average Bonchev–Trinajstić information content (AvgIpc) is 3.29. The van der Waals surface area contributed by atoms with Gasteiger partial charge in [0.1, 0.15) is 36.1 Å². The molecule has 10 nitrogen and oxygen atoms in total. The van der Waals surface area contributed by atoms with E-state index in [-0.39, 0.29) is 0 Å². The van der Waals surface area contributed by atoms with Gasteiger partial charge >= 0.3 is 11.9 Å². The second-order valence-corrected chi connectivity index (χ2v) is 16.3. The standard InChI is InChI=1S/C52H68N4O6/c1-53(2)45-31-37-55(38-32-45)35-15-11-7-5-9-13-17-41-59-47-23-19-43(20-24-47)51(57)61-49-27-29-50(30-28-49)62-52(58)44-21-25-48(26-22-44)60-42-18-14-10-6-8-12-16-36-56-39-33-46(34-40-56)54(3)4/h19-34,37-40H,5-18,35-36,41-42H2,1-4H3/q+2. The van der Waals surface area contributed by atoms with Crippen molar-refractivity contribution in [3.05, 3.63) is 133 Å². The van der Waals surface area contributed by atoms with Gasteiger partial charge in [-0.1, -0.05) is 51.4 Å². The predicted molar refractivity (Wildman–Crippen MR) is 247 cm³/mol. The minimum Gasteiger partial charge on any atom is -0.494 e. The molecule has 0 N–H and O–H groups in total. The van der Waals surface area contributed by atoms with Gasteiger partial charge in [-0.25, -0.2) is 18.7 Å². The summed E-state index contributed by atoms with van der Waals surface area (Å²) in [5.74, 6) is 1.20. The van der Waals surface area contributed by atoms with E-state index in [4.69, 9.17) is 18.9 Å². The Morgan fingerprint density at radius 3 is 1.00 bits per heavy atom. The lowest BCUT2D eigenvalue weighted by Gasteiger charge is -2.10. The van der Waals surface area contributed by atoms with Crippen molar-refractivity contribution in [2.75, 3.05) is 51.2 Å². The molecule has 5 aromatic rings. The Kier molecular flexibility index (Phi) is 20.1. The third-order valence-electron chi connectivity index (χ3n) is 10.9. The molecule has 0 spiro atoms. The molecular formula is C52H68N4O6+2. The summed E-state index contributed by atoms with van der Waals surface area (Å²) in [6.45, 7) is 3.42. The highest BCUT2D eigenvalue weighted by Crippen LogP contribution is 2.22. The lowest BCUT2D eigenvalue weighted by Crippen LogP contribution is -2.32. The third kappa shape index (κ3) is 17.2. The fraction of sp³-hybridized carbons (Fsp3) is 0.423. The molecule has 2 heterocycles. The lowest BCUT2D eigenvalue weighted by atomic mass is 10.1. The molecule has 5 rings (SSSR count). The van der Waals surface area contributed by atoms with Crippen LogP contribution in [0.4, 0.5) is 11.4 Å². The van der Waals surface area contributed by atoms with E-state index < -0.39 is 11.9 Å². The van der Waals surface area contributed by atoms with Gasteiger partial charge < -0.3 is 28.7 Å². The summed E-state index contributed by atoms with van der Waals surface area (Å²) < 4.78 is 27.4. The SMILES string of the molecule is CN(C)c1cc[n+](CCCCCCCCCOc2ccc(C(=O)Oc3ccc(OC(=O)c4ccc(OCCCCCCCCC[n+]5ccc(N(C)C)cc5)cc4)cc3)cc2)cc1. The van der Waals surface area contributed by atoms with Crippen LogP contribution >= 0.6 is 0 Å². The van der Waals surface area contributed by atoms with Crippen molar-refractivity contribution in [3.8, 4) is 23.0 Å². The fourth-order valence-corrected chi connectivity index (χ4v) is 7.02. The number of hydrogen-bond donors (Lipinski definition) is 0. The van der Waals surface area contributed by atoms with E-state index in [2.05, 4.69) is 96.2 Å². The molecule has 0 aliphatic heterocycles. The molecule has 0 radical (unpaired) electrons. The largest absolute Gasteiger partial charge is 0.494 e. The van der Waals surface area contributed by atoms with Gasteiger partial charge in [0.25, 0.3) is 0 Å². The number of pyridine rings is 2. The van der Waals surface area contributed by atoms with E-state index in [1.807, 2.05) is 0 Å². The Bertz CT molecular complexity index is 1870. The van der Waals surface area contributed by atoms with Crippen LogP contribution in [0.15, 0.2) is 122 Å². The predicted octanol–water partition coefficient (Wildman–Crippen LogP) is 10.5. The van der Waals surface area contributed by atoms with E-state index >= 15 is 0 Å². The number of unbranched alkanes of at least 4 members (excludes halogenated alkanes) is 12. The van der Waals surface area contributed by atoms with Crippen LogP contribution in [0.2, 0.25) is 0 Å². The van der Waals surface area contributed by atoms with Crippen LogP contribution in [-0.4, -0.2) is 53.3 Å².